The van der Waals surface area contributed by atoms with Crippen LogP contribution in [0.3, 0.4) is 0 Å². The fraction of sp³-hybridized carbons (Fsp3) is 0.250. The van der Waals surface area contributed by atoms with Gasteiger partial charge in [-0.2, -0.15) is 8.42 Å². The Morgan fingerprint density at radius 1 is 0.952 bits per heavy atom. The molecule has 0 amide bonds. The summed E-state index contributed by atoms with van der Waals surface area (Å²) in [6.45, 7) is 0. The molecule has 0 aliphatic rings. The van der Waals surface area contributed by atoms with Gasteiger partial charge in [0.15, 0.2) is 0 Å². The molecule has 0 aliphatic carbocycles. The summed E-state index contributed by atoms with van der Waals surface area (Å²) < 4.78 is 30.8. The van der Waals surface area contributed by atoms with E-state index >= 15 is 0 Å². The van der Waals surface area contributed by atoms with E-state index in [0.29, 0.717) is 0 Å². The van der Waals surface area contributed by atoms with E-state index in [9.17, 15) is 8.42 Å². The van der Waals surface area contributed by atoms with Crippen molar-refractivity contribution in [1.29, 1.82) is 0 Å². The van der Waals surface area contributed by atoms with Crippen molar-refractivity contribution >= 4 is 10.1 Å². The van der Waals surface area contributed by atoms with E-state index in [0.717, 1.165) is 24.8 Å². The van der Waals surface area contributed by atoms with Gasteiger partial charge in [0.25, 0.3) is 10.1 Å². The molecule has 0 saturated carbocycles. The zero-order valence-electron chi connectivity index (χ0n) is 11.6. The second-order valence-corrected chi connectivity index (χ2v) is 6.53. The third-order valence-electron chi connectivity index (χ3n) is 3.37. The molecule has 0 aliphatic heterocycles. The van der Waals surface area contributed by atoms with Gasteiger partial charge in [0, 0.05) is 6.04 Å². The van der Waals surface area contributed by atoms with Crippen molar-refractivity contribution in [2.45, 2.75) is 30.2 Å². The first kappa shape index (κ1) is 15.7. The van der Waals surface area contributed by atoms with Gasteiger partial charge in [0.1, 0.15) is 0 Å². The van der Waals surface area contributed by atoms with E-state index in [2.05, 4.69) is 12.1 Å². The molecule has 1 atom stereocenters. The van der Waals surface area contributed by atoms with Gasteiger partial charge < -0.3 is 5.73 Å². The van der Waals surface area contributed by atoms with Gasteiger partial charge in [-0.25, -0.2) is 0 Å². The van der Waals surface area contributed by atoms with Gasteiger partial charge in [-0.3, -0.25) is 4.55 Å². The van der Waals surface area contributed by atoms with Crippen molar-refractivity contribution in [3.8, 4) is 0 Å². The topological polar surface area (TPSA) is 80.4 Å². The van der Waals surface area contributed by atoms with E-state index in [1.165, 1.54) is 17.7 Å². The molecule has 0 fully saturated rings. The molecule has 21 heavy (non-hydrogen) atoms. The first-order valence-corrected chi connectivity index (χ1v) is 8.25. The quantitative estimate of drug-likeness (QED) is 0.803. The summed E-state index contributed by atoms with van der Waals surface area (Å²) in [4.78, 5) is -0.0835. The highest BCUT2D eigenvalue weighted by molar-refractivity contribution is 7.85. The van der Waals surface area contributed by atoms with Gasteiger partial charge in [-0.15, -0.1) is 0 Å². The SMILES string of the molecule is NC(CCc1ccc(S(=O)(=O)O)cc1)Cc1ccccc1. The molecule has 2 aromatic carbocycles. The number of rotatable bonds is 6. The fourth-order valence-electron chi connectivity index (χ4n) is 2.20. The monoisotopic (exact) mass is 305 g/mol. The Labute approximate surface area is 125 Å². The Bertz CT molecular complexity index is 666. The lowest BCUT2D eigenvalue weighted by Gasteiger charge is -2.11. The van der Waals surface area contributed by atoms with E-state index in [4.69, 9.17) is 10.3 Å². The lowest BCUT2D eigenvalue weighted by molar-refractivity contribution is 0.483. The Morgan fingerprint density at radius 2 is 1.57 bits per heavy atom. The summed E-state index contributed by atoms with van der Waals surface area (Å²) in [5, 5.41) is 0. The van der Waals surface area contributed by atoms with Crippen molar-refractivity contribution in [2.24, 2.45) is 5.73 Å². The summed E-state index contributed by atoms with van der Waals surface area (Å²) in [7, 11) is -4.12. The van der Waals surface area contributed by atoms with Crippen molar-refractivity contribution in [2.75, 3.05) is 0 Å². The molecule has 0 heterocycles. The fourth-order valence-corrected chi connectivity index (χ4v) is 2.68. The maximum absolute atomic E-state index is 10.9. The van der Waals surface area contributed by atoms with Crippen molar-refractivity contribution < 1.29 is 13.0 Å². The van der Waals surface area contributed by atoms with Crippen LogP contribution < -0.4 is 5.73 Å². The van der Waals surface area contributed by atoms with E-state index in [-0.39, 0.29) is 10.9 Å². The molecule has 4 nitrogen and oxygen atoms in total. The Kier molecular flexibility index (Phi) is 5.12. The molecule has 0 spiro atoms. The van der Waals surface area contributed by atoms with Crippen LogP contribution in [0.25, 0.3) is 0 Å². The first-order chi connectivity index (χ1) is 9.95. The minimum Gasteiger partial charge on any atom is -0.327 e. The molecule has 0 saturated heterocycles. The molecule has 2 rings (SSSR count). The van der Waals surface area contributed by atoms with E-state index in [1.54, 1.807) is 12.1 Å². The van der Waals surface area contributed by atoms with Crippen LogP contribution in [0.15, 0.2) is 59.5 Å². The van der Waals surface area contributed by atoms with Gasteiger partial charge in [0.2, 0.25) is 0 Å². The average Bonchev–Trinajstić information content (AvgIpc) is 2.46. The van der Waals surface area contributed by atoms with Crippen LogP contribution in [0.4, 0.5) is 0 Å². The highest BCUT2D eigenvalue weighted by atomic mass is 32.2. The number of hydrogen-bond donors (Lipinski definition) is 2. The first-order valence-electron chi connectivity index (χ1n) is 6.81. The molecule has 2 aromatic rings. The van der Waals surface area contributed by atoms with Crippen molar-refractivity contribution in [3.05, 3.63) is 65.7 Å². The predicted octanol–water partition coefficient (Wildman–Crippen LogP) is 2.44. The maximum Gasteiger partial charge on any atom is 0.294 e. The summed E-state index contributed by atoms with van der Waals surface area (Å²) in [5.74, 6) is 0. The molecule has 0 radical (unpaired) electrons. The van der Waals surface area contributed by atoms with Gasteiger partial charge in [-0.1, -0.05) is 42.5 Å². The molecular weight excluding hydrogens is 286 g/mol. The minimum absolute atomic E-state index is 0.0636. The Balaban J connectivity index is 1.88. The van der Waals surface area contributed by atoms with Crippen LogP contribution in [0.5, 0.6) is 0 Å². The second kappa shape index (κ2) is 6.85. The number of aryl methyl sites for hydroxylation is 1. The minimum atomic E-state index is -4.12. The van der Waals surface area contributed by atoms with Crippen LogP contribution in [-0.2, 0) is 23.0 Å². The Morgan fingerprint density at radius 3 is 2.14 bits per heavy atom. The van der Waals surface area contributed by atoms with Gasteiger partial charge in [-0.05, 0) is 42.5 Å². The normalized spacial score (nSPS) is 13.0. The molecule has 5 heteroatoms. The molecular formula is C16H19NO3S. The number of benzene rings is 2. The third kappa shape index (κ3) is 4.97. The molecule has 1 unspecified atom stereocenters. The summed E-state index contributed by atoms with van der Waals surface area (Å²) in [6, 6.07) is 16.4. The van der Waals surface area contributed by atoms with Crippen LogP contribution in [0.2, 0.25) is 0 Å². The summed E-state index contributed by atoms with van der Waals surface area (Å²) in [6.07, 6.45) is 2.42. The van der Waals surface area contributed by atoms with Gasteiger partial charge >= 0.3 is 0 Å². The lowest BCUT2D eigenvalue weighted by atomic mass is 10.00. The van der Waals surface area contributed by atoms with Crippen LogP contribution >= 0.6 is 0 Å². The highest BCUT2D eigenvalue weighted by Gasteiger charge is 2.09. The van der Waals surface area contributed by atoms with E-state index < -0.39 is 10.1 Å². The third-order valence-corrected chi connectivity index (χ3v) is 4.23. The molecule has 3 N–H and O–H groups in total. The molecule has 0 bridgehead atoms. The van der Waals surface area contributed by atoms with Crippen LogP contribution in [-0.4, -0.2) is 19.0 Å². The van der Waals surface area contributed by atoms with Crippen LogP contribution in [0.1, 0.15) is 17.5 Å². The van der Waals surface area contributed by atoms with Crippen molar-refractivity contribution in [1.82, 2.24) is 0 Å². The van der Waals surface area contributed by atoms with Gasteiger partial charge in [0.05, 0.1) is 4.90 Å². The van der Waals surface area contributed by atoms with Crippen molar-refractivity contribution in [3.63, 3.8) is 0 Å². The molecule has 0 aromatic heterocycles. The Hall–Kier alpha value is -1.69. The lowest BCUT2D eigenvalue weighted by Crippen LogP contribution is -2.23. The maximum atomic E-state index is 10.9. The second-order valence-electron chi connectivity index (χ2n) is 5.11. The summed E-state index contributed by atoms with van der Waals surface area (Å²) in [5.41, 5.74) is 8.34. The molecule has 112 valence electrons. The number of hydrogen-bond acceptors (Lipinski definition) is 3. The highest BCUT2D eigenvalue weighted by Crippen LogP contribution is 2.13. The largest absolute Gasteiger partial charge is 0.327 e. The zero-order chi connectivity index (χ0) is 15.3. The standard InChI is InChI=1S/C16H19NO3S/c17-15(12-14-4-2-1-3-5-14)9-6-13-7-10-16(11-8-13)21(18,19)20/h1-5,7-8,10-11,15H,6,9,12,17H2,(H,18,19,20). The smallest absolute Gasteiger partial charge is 0.294 e. The average molecular weight is 305 g/mol. The van der Waals surface area contributed by atoms with E-state index in [1.807, 2.05) is 18.2 Å². The predicted molar refractivity (Wildman–Crippen MR) is 82.7 cm³/mol. The van der Waals surface area contributed by atoms with Crippen LogP contribution in [0, 0.1) is 0 Å². The number of nitrogens with two attached hydrogens (primary N) is 1. The zero-order valence-corrected chi connectivity index (χ0v) is 12.5. The summed E-state index contributed by atoms with van der Waals surface area (Å²) >= 11 is 0.